The summed E-state index contributed by atoms with van der Waals surface area (Å²) in [4.78, 5) is 2.72. The number of hydrogen-bond acceptors (Lipinski definition) is 2. The third-order valence-corrected chi connectivity index (χ3v) is 4.51. The molecular formula is C17H36N2. The van der Waals surface area contributed by atoms with Crippen LogP contribution in [0.25, 0.3) is 0 Å². The van der Waals surface area contributed by atoms with Crippen molar-refractivity contribution in [3.05, 3.63) is 0 Å². The molecule has 0 saturated carbocycles. The third-order valence-electron chi connectivity index (χ3n) is 4.51. The number of rotatable bonds is 6. The van der Waals surface area contributed by atoms with Crippen LogP contribution in [0.3, 0.4) is 0 Å². The first-order valence-corrected chi connectivity index (χ1v) is 8.16. The lowest BCUT2D eigenvalue weighted by atomic mass is 9.83. The average molecular weight is 268 g/mol. The molecule has 2 heteroatoms. The van der Waals surface area contributed by atoms with Crippen LogP contribution < -0.4 is 5.32 Å². The van der Waals surface area contributed by atoms with E-state index >= 15 is 0 Å². The first-order chi connectivity index (χ1) is 8.71. The second-order valence-corrected chi connectivity index (χ2v) is 8.18. The summed E-state index contributed by atoms with van der Waals surface area (Å²) in [7, 11) is 0. The molecule has 0 bridgehead atoms. The van der Waals surface area contributed by atoms with E-state index < -0.39 is 0 Å². The molecule has 1 N–H and O–H groups in total. The molecule has 0 amide bonds. The zero-order valence-electron chi connectivity index (χ0n) is 14.3. The van der Waals surface area contributed by atoms with Gasteiger partial charge in [0.2, 0.25) is 0 Å². The Bertz CT molecular complexity index is 260. The third kappa shape index (κ3) is 5.83. The van der Waals surface area contributed by atoms with Crippen molar-refractivity contribution < 1.29 is 0 Å². The Hall–Kier alpha value is -0.0800. The highest BCUT2D eigenvalue weighted by molar-refractivity contribution is 4.86. The fraction of sp³-hybridized carbons (Fsp3) is 1.00. The topological polar surface area (TPSA) is 15.3 Å². The van der Waals surface area contributed by atoms with Gasteiger partial charge < -0.3 is 5.32 Å². The van der Waals surface area contributed by atoms with Crippen molar-refractivity contribution in [1.82, 2.24) is 10.2 Å². The summed E-state index contributed by atoms with van der Waals surface area (Å²) >= 11 is 0. The van der Waals surface area contributed by atoms with E-state index in [9.17, 15) is 0 Å². The van der Waals surface area contributed by atoms with Crippen molar-refractivity contribution in [1.29, 1.82) is 0 Å². The minimum absolute atomic E-state index is 0.361. The minimum Gasteiger partial charge on any atom is -0.316 e. The quantitative estimate of drug-likeness (QED) is 0.791. The summed E-state index contributed by atoms with van der Waals surface area (Å²) in [6.45, 7) is 21.3. The van der Waals surface area contributed by atoms with Crippen molar-refractivity contribution in [3.8, 4) is 0 Å². The van der Waals surface area contributed by atoms with Crippen molar-refractivity contribution in [2.75, 3.05) is 26.2 Å². The van der Waals surface area contributed by atoms with Gasteiger partial charge in [-0.05, 0) is 43.1 Å². The van der Waals surface area contributed by atoms with Gasteiger partial charge in [0.15, 0.2) is 0 Å². The molecule has 114 valence electrons. The van der Waals surface area contributed by atoms with Gasteiger partial charge in [-0.3, -0.25) is 4.90 Å². The second-order valence-electron chi connectivity index (χ2n) is 8.18. The lowest BCUT2D eigenvalue weighted by Gasteiger charge is -2.44. The SMILES string of the molecule is CC(C)CNCC(C)(C)CN1CC(C)CC(C)C1C. The van der Waals surface area contributed by atoms with Gasteiger partial charge >= 0.3 is 0 Å². The summed E-state index contributed by atoms with van der Waals surface area (Å²) in [5.41, 5.74) is 0.361. The highest BCUT2D eigenvalue weighted by atomic mass is 15.2. The van der Waals surface area contributed by atoms with Crippen LogP contribution in [0.4, 0.5) is 0 Å². The monoisotopic (exact) mass is 268 g/mol. The van der Waals surface area contributed by atoms with Gasteiger partial charge in [0, 0.05) is 25.7 Å². The Kier molecular flexibility index (Phi) is 6.32. The molecule has 0 aromatic rings. The predicted octanol–water partition coefficient (Wildman–Crippen LogP) is 3.62. The molecule has 1 heterocycles. The molecule has 2 nitrogen and oxygen atoms in total. The summed E-state index contributed by atoms with van der Waals surface area (Å²) < 4.78 is 0. The minimum atomic E-state index is 0.361. The maximum absolute atomic E-state index is 3.63. The van der Waals surface area contributed by atoms with E-state index in [1.165, 1.54) is 19.5 Å². The Morgan fingerprint density at radius 2 is 1.84 bits per heavy atom. The average Bonchev–Trinajstić information content (AvgIpc) is 2.23. The van der Waals surface area contributed by atoms with Gasteiger partial charge in [-0.25, -0.2) is 0 Å². The molecule has 3 unspecified atom stereocenters. The summed E-state index contributed by atoms with van der Waals surface area (Å²) in [5.74, 6) is 2.43. The van der Waals surface area contributed by atoms with Crippen LogP contribution >= 0.6 is 0 Å². The van der Waals surface area contributed by atoms with Crippen molar-refractivity contribution in [3.63, 3.8) is 0 Å². The van der Waals surface area contributed by atoms with E-state index in [-0.39, 0.29) is 0 Å². The van der Waals surface area contributed by atoms with Crippen LogP contribution in [0, 0.1) is 23.2 Å². The molecule has 0 aromatic carbocycles. The molecule has 1 fully saturated rings. The molecule has 0 aromatic heterocycles. The number of likely N-dealkylation sites (tertiary alicyclic amines) is 1. The Balaban J connectivity index is 2.46. The molecule has 19 heavy (non-hydrogen) atoms. The van der Waals surface area contributed by atoms with Crippen molar-refractivity contribution in [2.45, 2.75) is 60.9 Å². The van der Waals surface area contributed by atoms with Crippen LogP contribution in [-0.4, -0.2) is 37.1 Å². The predicted molar refractivity (Wildman–Crippen MR) is 85.5 cm³/mol. The van der Waals surface area contributed by atoms with Gasteiger partial charge in [-0.15, -0.1) is 0 Å². The van der Waals surface area contributed by atoms with Crippen molar-refractivity contribution >= 4 is 0 Å². The first kappa shape index (κ1) is 17.0. The van der Waals surface area contributed by atoms with Crippen LogP contribution in [0.1, 0.15) is 54.9 Å². The fourth-order valence-corrected chi connectivity index (χ4v) is 3.35. The highest BCUT2D eigenvalue weighted by Crippen LogP contribution is 2.29. The van der Waals surface area contributed by atoms with E-state index in [4.69, 9.17) is 0 Å². The maximum atomic E-state index is 3.63. The number of hydrogen-bond donors (Lipinski definition) is 1. The maximum Gasteiger partial charge on any atom is 0.00930 e. The van der Waals surface area contributed by atoms with E-state index in [2.05, 4.69) is 58.7 Å². The van der Waals surface area contributed by atoms with Crippen LogP contribution in [0.2, 0.25) is 0 Å². The normalized spacial score (nSPS) is 30.0. The molecule has 1 aliphatic rings. The summed E-state index contributed by atoms with van der Waals surface area (Å²) in [6, 6.07) is 0.737. The number of nitrogens with zero attached hydrogens (tertiary/aromatic N) is 1. The van der Waals surface area contributed by atoms with E-state index in [0.717, 1.165) is 36.9 Å². The Morgan fingerprint density at radius 1 is 1.21 bits per heavy atom. The van der Waals surface area contributed by atoms with Gasteiger partial charge in [0.05, 0.1) is 0 Å². The van der Waals surface area contributed by atoms with Crippen LogP contribution in [-0.2, 0) is 0 Å². The van der Waals surface area contributed by atoms with Gasteiger partial charge in [0.25, 0.3) is 0 Å². The lowest BCUT2D eigenvalue weighted by molar-refractivity contribution is 0.0459. The smallest absolute Gasteiger partial charge is 0.00930 e. The molecule has 1 rings (SSSR count). The zero-order chi connectivity index (χ0) is 14.6. The Labute approximate surface area is 121 Å². The molecule has 0 spiro atoms. The highest BCUT2D eigenvalue weighted by Gasteiger charge is 2.32. The van der Waals surface area contributed by atoms with Crippen LogP contribution in [0.5, 0.6) is 0 Å². The summed E-state index contributed by atoms with van der Waals surface area (Å²) in [5, 5.41) is 3.63. The van der Waals surface area contributed by atoms with E-state index in [0.29, 0.717) is 5.41 Å². The zero-order valence-corrected chi connectivity index (χ0v) is 14.3. The van der Waals surface area contributed by atoms with E-state index in [1.54, 1.807) is 0 Å². The standard InChI is InChI=1S/C17H36N2/c1-13(2)9-18-11-17(6,7)12-19-10-14(3)8-15(4)16(19)5/h13-16,18H,8-12H2,1-7H3. The number of piperidine rings is 1. The van der Waals surface area contributed by atoms with Crippen molar-refractivity contribution in [2.24, 2.45) is 23.2 Å². The van der Waals surface area contributed by atoms with E-state index in [1.807, 2.05) is 0 Å². The molecule has 1 aliphatic heterocycles. The Morgan fingerprint density at radius 3 is 2.42 bits per heavy atom. The fourth-order valence-electron chi connectivity index (χ4n) is 3.35. The summed E-state index contributed by atoms with van der Waals surface area (Å²) in [6.07, 6.45) is 1.39. The largest absolute Gasteiger partial charge is 0.316 e. The van der Waals surface area contributed by atoms with Gasteiger partial charge in [-0.2, -0.15) is 0 Å². The molecular weight excluding hydrogens is 232 g/mol. The lowest BCUT2D eigenvalue weighted by Crippen LogP contribution is -2.51. The van der Waals surface area contributed by atoms with Gasteiger partial charge in [0.1, 0.15) is 0 Å². The first-order valence-electron chi connectivity index (χ1n) is 8.16. The molecule has 3 atom stereocenters. The molecule has 0 aliphatic carbocycles. The molecule has 1 saturated heterocycles. The number of nitrogens with one attached hydrogen (secondary N) is 1. The van der Waals surface area contributed by atoms with Crippen LogP contribution in [0.15, 0.2) is 0 Å². The second kappa shape index (κ2) is 7.08. The molecule has 0 radical (unpaired) electrons. The van der Waals surface area contributed by atoms with Gasteiger partial charge in [-0.1, -0.05) is 41.5 Å².